The normalized spacial score (nSPS) is 9.89. The Bertz CT molecular complexity index is 564. The molecule has 96 valence electrons. The highest BCUT2D eigenvalue weighted by Crippen LogP contribution is 2.12. The molecule has 2 rings (SSSR count). The Labute approximate surface area is 112 Å². The molecule has 0 spiro atoms. The molecule has 0 radical (unpaired) electrons. The van der Waals surface area contributed by atoms with Crippen LogP contribution in [0, 0.1) is 6.92 Å². The molecule has 0 amide bonds. The van der Waals surface area contributed by atoms with Gasteiger partial charge in [0.25, 0.3) is 5.56 Å². The lowest BCUT2D eigenvalue weighted by Crippen LogP contribution is -2.20. The Balaban J connectivity index is 0.00000162. The average molecular weight is 265 g/mol. The van der Waals surface area contributed by atoms with E-state index in [1.54, 1.807) is 0 Å². The van der Waals surface area contributed by atoms with Crippen LogP contribution in [0.1, 0.15) is 22.4 Å². The van der Waals surface area contributed by atoms with E-state index in [0.29, 0.717) is 5.56 Å². The number of H-pyrrole nitrogens is 1. The highest BCUT2D eigenvalue weighted by atomic mass is 35.5. The average Bonchev–Trinajstić information content (AvgIpc) is 2.30. The van der Waals surface area contributed by atoms with E-state index in [2.05, 4.69) is 17.1 Å². The lowest BCUT2D eigenvalue weighted by atomic mass is 10.0. The van der Waals surface area contributed by atoms with Crippen molar-refractivity contribution in [3.8, 4) is 0 Å². The molecule has 0 aliphatic rings. The first kappa shape index (κ1) is 14.5. The van der Waals surface area contributed by atoms with Crippen molar-refractivity contribution in [2.75, 3.05) is 0 Å². The van der Waals surface area contributed by atoms with Gasteiger partial charge in [0, 0.05) is 17.8 Å². The van der Waals surface area contributed by atoms with Gasteiger partial charge in [0.1, 0.15) is 0 Å². The molecule has 3 nitrogen and oxygen atoms in total. The fraction of sp³-hybridized carbons (Fsp3) is 0.214. The van der Waals surface area contributed by atoms with Gasteiger partial charge in [0.05, 0.1) is 0 Å². The Morgan fingerprint density at radius 3 is 2.50 bits per heavy atom. The van der Waals surface area contributed by atoms with Crippen LogP contribution >= 0.6 is 12.4 Å². The van der Waals surface area contributed by atoms with E-state index >= 15 is 0 Å². The smallest absolute Gasteiger partial charge is 0.252 e. The number of aryl methyl sites for hydroxylation is 1. The predicted molar refractivity (Wildman–Crippen MR) is 76.2 cm³/mol. The van der Waals surface area contributed by atoms with Gasteiger partial charge in [0.15, 0.2) is 0 Å². The first-order valence-corrected chi connectivity index (χ1v) is 5.66. The second kappa shape index (κ2) is 6.38. The van der Waals surface area contributed by atoms with Crippen molar-refractivity contribution in [3.05, 3.63) is 69.1 Å². The van der Waals surface area contributed by atoms with Crippen molar-refractivity contribution in [1.82, 2.24) is 4.98 Å². The van der Waals surface area contributed by atoms with Crippen LogP contribution in [-0.2, 0) is 13.0 Å². The maximum Gasteiger partial charge on any atom is 0.252 e. The standard InChI is InChI=1S/C14H16N2O.ClH/c1-10-7-12(13(9-15)14(17)16-10)8-11-5-3-2-4-6-11;/h2-7H,8-9,15H2,1H3,(H,16,17);1H. The largest absolute Gasteiger partial charge is 0.326 e. The summed E-state index contributed by atoms with van der Waals surface area (Å²) in [5.74, 6) is 0. The summed E-state index contributed by atoms with van der Waals surface area (Å²) < 4.78 is 0. The fourth-order valence-corrected chi connectivity index (χ4v) is 1.98. The molecule has 18 heavy (non-hydrogen) atoms. The molecular weight excluding hydrogens is 248 g/mol. The molecule has 1 aromatic heterocycles. The molecule has 1 aromatic carbocycles. The van der Waals surface area contributed by atoms with E-state index in [4.69, 9.17) is 5.73 Å². The van der Waals surface area contributed by atoms with E-state index in [1.807, 2.05) is 31.2 Å². The SMILES string of the molecule is Cc1cc(Cc2ccccc2)c(CN)c(=O)[nH]1.Cl. The summed E-state index contributed by atoms with van der Waals surface area (Å²) in [6.45, 7) is 2.16. The van der Waals surface area contributed by atoms with Crippen LogP contribution in [0.4, 0.5) is 0 Å². The van der Waals surface area contributed by atoms with Crippen molar-refractivity contribution in [2.24, 2.45) is 5.73 Å². The third kappa shape index (κ3) is 3.22. The Morgan fingerprint density at radius 2 is 1.89 bits per heavy atom. The number of benzene rings is 1. The highest BCUT2D eigenvalue weighted by molar-refractivity contribution is 5.85. The van der Waals surface area contributed by atoms with E-state index in [9.17, 15) is 4.79 Å². The molecule has 1 heterocycles. The Kier molecular flexibility index (Phi) is 5.13. The van der Waals surface area contributed by atoms with E-state index < -0.39 is 0 Å². The predicted octanol–water partition coefficient (Wildman–Crippen LogP) is 2.15. The van der Waals surface area contributed by atoms with Crippen LogP contribution in [-0.4, -0.2) is 4.98 Å². The summed E-state index contributed by atoms with van der Waals surface area (Å²) in [7, 11) is 0. The molecule has 0 saturated heterocycles. The van der Waals surface area contributed by atoms with Crippen molar-refractivity contribution in [3.63, 3.8) is 0 Å². The number of hydrogen-bond acceptors (Lipinski definition) is 2. The van der Waals surface area contributed by atoms with Gasteiger partial charge >= 0.3 is 0 Å². The van der Waals surface area contributed by atoms with Gasteiger partial charge in [0.2, 0.25) is 0 Å². The number of nitrogens with one attached hydrogen (secondary N) is 1. The first-order valence-electron chi connectivity index (χ1n) is 5.66. The van der Waals surface area contributed by atoms with Gasteiger partial charge in [-0.1, -0.05) is 30.3 Å². The minimum absolute atomic E-state index is 0. The molecule has 0 unspecified atom stereocenters. The Morgan fingerprint density at radius 1 is 1.22 bits per heavy atom. The fourth-order valence-electron chi connectivity index (χ4n) is 1.98. The van der Waals surface area contributed by atoms with E-state index in [0.717, 1.165) is 17.7 Å². The number of pyridine rings is 1. The zero-order chi connectivity index (χ0) is 12.3. The number of halogens is 1. The van der Waals surface area contributed by atoms with E-state index in [1.165, 1.54) is 5.56 Å². The number of rotatable bonds is 3. The zero-order valence-electron chi connectivity index (χ0n) is 10.3. The van der Waals surface area contributed by atoms with Crippen LogP contribution in [0.2, 0.25) is 0 Å². The van der Waals surface area contributed by atoms with Gasteiger partial charge in [-0.05, 0) is 30.5 Å². The molecule has 3 N–H and O–H groups in total. The lowest BCUT2D eigenvalue weighted by molar-refractivity contribution is 0.952. The number of hydrogen-bond donors (Lipinski definition) is 2. The summed E-state index contributed by atoms with van der Waals surface area (Å²) in [4.78, 5) is 14.5. The summed E-state index contributed by atoms with van der Waals surface area (Å²) in [5, 5.41) is 0. The molecule has 0 fully saturated rings. The van der Waals surface area contributed by atoms with Crippen LogP contribution < -0.4 is 11.3 Å². The molecule has 0 bridgehead atoms. The van der Waals surface area contributed by atoms with Crippen LogP contribution in [0.3, 0.4) is 0 Å². The number of aromatic nitrogens is 1. The summed E-state index contributed by atoms with van der Waals surface area (Å²) >= 11 is 0. The number of nitrogens with two attached hydrogens (primary N) is 1. The minimum Gasteiger partial charge on any atom is -0.326 e. The van der Waals surface area contributed by atoms with Gasteiger partial charge in [-0.3, -0.25) is 4.79 Å². The molecule has 0 saturated carbocycles. The van der Waals surface area contributed by atoms with Gasteiger partial charge in [-0.15, -0.1) is 12.4 Å². The van der Waals surface area contributed by atoms with Crippen molar-refractivity contribution in [1.29, 1.82) is 0 Å². The van der Waals surface area contributed by atoms with Gasteiger partial charge in [-0.2, -0.15) is 0 Å². The zero-order valence-corrected chi connectivity index (χ0v) is 11.1. The van der Waals surface area contributed by atoms with Crippen molar-refractivity contribution < 1.29 is 0 Å². The first-order chi connectivity index (χ1) is 8.20. The molecule has 0 aliphatic heterocycles. The monoisotopic (exact) mass is 264 g/mol. The second-order valence-electron chi connectivity index (χ2n) is 4.15. The highest BCUT2D eigenvalue weighted by Gasteiger charge is 2.07. The molecule has 0 aliphatic carbocycles. The second-order valence-corrected chi connectivity index (χ2v) is 4.15. The summed E-state index contributed by atoms with van der Waals surface area (Å²) in [6, 6.07) is 12.1. The number of aromatic amines is 1. The molecule has 2 aromatic rings. The van der Waals surface area contributed by atoms with Gasteiger partial charge in [-0.25, -0.2) is 0 Å². The van der Waals surface area contributed by atoms with Crippen LogP contribution in [0.5, 0.6) is 0 Å². The van der Waals surface area contributed by atoms with Crippen LogP contribution in [0.15, 0.2) is 41.2 Å². The molecule has 0 atom stereocenters. The van der Waals surface area contributed by atoms with E-state index in [-0.39, 0.29) is 24.5 Å². The lowest BCUT2D eigenvalue weighted by Gasteiger charge is -2.08. The van der Waals surface area contributed by atoms with Crippen molar-refractivity contribution in [2.45, 2.75) is 19.9 Å². The third-order valence-corrected chi connectivity index (χ3v) is 2.80. The van der Waals surface area contributed by atoms with Gasteiger partial charge < -0.3 is 10.7 Å². The van der Waals surface area contributed by atoms with Crippen LogP contribution in [0.25, 0.3) is 0 Å². The molecular formula is C14H17ClN2O. The topological polar surface area (TPSA) is 58.9 Å². The van der Waals surface area contributed by atoms with Crippen molar-refractivity contribution >= 4 is 12.4 Å². The Hall–Kier alpha value is -1.58. The summed E-state index contributed by atoms with van der Waals surface area (Å²) in [6.07, 6.45) is 0.748. The summed E-state index contributed by atoms with van der Waals surface area (Å²) in [5.41, 5.74) is 9.32. The quantitative estimate of drug-likeness (QED) is 0.893. The minimum atomic E-state index is -0.0709. The maximum atomic E-state index is 11.7. The maximum absolute atomic E-state index is 11.7. The molecule has 4 heteroatoms. The third-order valence-electron chi connectivity index (χ3n) is 2.80.